The zero-order valence-electron chi connectivity index (χ0n) is 11.9. The molecule has 5 heteroatoms. The van der Waals surface area contributed by atoms with Gasteiger partial charge in [0, 0.05) is 17.3 Å². The number of rotatable bonds is 3. The number of carbonyl (C=O) groups is 1. The second-order valence-electron chi connectivity index (χ2n) is 6.11. The topological polar surface area (TPSA) is 80.0 Å². The minimum absolute atomic E-state index is 0.326. The van der Waals surface area contributed by atoms with Gasteiger partial charge in [-0.2, -0.15) is 0 Å². The molecule has 5 nitrogen and oxygen atoms in total. The van der Waals surface area contributed by atoms with Gasteiger partial charge in [-0.05, 0) is 57.7 Å². The number of anilines is 1. The van der Waals surface area contributed by atoms with Crippen molar-refractivity contribution in [3.8, 4) is 0 Å². The van der Waals surface area contributed by atoms with E-state index in [2.05, 4.69) is 15.6 Å². The second-order valence-corrected chi connectivity index (χ2v) is 6.11. The number of nitrogens with zero attached hydrogens (tertiary/aromatic N) is 1. The maximum absolute atomic E-state index is 11.5. The van der Waals surface area contributed by atoms with Gasteiger partial charge in [-0.15, -0.1) is 0 Å². The summed E-state index contributed by atoms with van der Waals surface area (Å²) in [6, 6.07) is 3.94. The van der Waals surface area contributed by atoms with Crippen molar-refractivity contribution in [1.29, 1.82) is 0 Å². The summed E-state index contributed by atoms with van der Waals surface area (Å²) >= 11 is 0. The number of pyridine rings is 1. The van der Waals surface area contributed by atoms with Crippen LogP contribution in [0.5, 0.6) is 0 Å². The predicted octanol–water partition coefficient (Wildman–Crippen LogP) is 1.58. The fourth-order valence-corrected chi connectivity index (χ4v) is 3.32. The van der Waals surface area contributed by atoms with Crippen LogP contribution in [-0.2, 0) is 0 Å². The number of nitrogens with one attached hydrogen (secondary N) is 2. The van der Waals surface area contributed by atoms with Gasteiger partial charge in [0.1, 0.15) is 5.82 Å². The number of hydrogen-bond donors (Lipinski definition) is 3. The van der Waals surface area contributed by atoms with Crippen molar-refractivity contribution in [2.75, 3.05) is 11.9 Å². The van der Waals surface area contributed by atoms with Gasteiger partial charge in [-0.1, -0.05) is 0 Å². The predicted molar refractivity (Wildman–Crippen MR) is 78.7 cm³/mol. The van der Waals surface area contributed by atoms with E-state index < -0.39 is 5.91 Å². The summed E-state index contributed by atoms with van der Waals surface area (Å²) in [4.78, 5) is 15.9. The molecule has 1 spiro atoms. The first kappa shape index (κ1) is 13.4. The van der Waals surface area contributed by atoms with Crippen molar-refractivity contribution < 1.29 is 4.79 Å². The lowest BCUT2D eigenvalue weighted by atomic mass is 9.70. The number of nitrogens with two attached hydrogens (primary N) is 1. The molecule has 3 rings (SSSR count). The zero-order chi connectivity index (χ0) is 14.2. The highest BCUT2D eigenvalue weighted by Crippen LogP contribution is 2.39. The summed E-state index contributed by atoms with van der Waals surface area (Å²) in [5.41, 5.74) is 7.13. The van der Waals surface area contributed by atoms with Gasteiger partial charge in [0.25, 0.3) is 5.91 Å². The number of hydrogen-bond acceptors (Lipinski definition) is 4. The average Bonchev–Trinajstić information content (AvgIpc) is 2.37. The van der Waals surface area contributed by atoms with E-state index in [-0.39, 0.29) is 0 Å². The van der Waals surface area contributed by atoms with Crippen LogP contribution in [0.1, 0.15) is 48.2 Å². The van der Waals surface area contributed by atoms with Crippen LogP contribution < -0.4 is 16.4 Å². The lowest BCUT2D eigenvalue weighted by Gasteiger charge is -2.48. The summed E-state index contributed by atoms with van der Waals surface area (Å²) in [6.45, 7) is 2.95. The van der Waals surface area contributed by atoms with Crippen molar-refractivity contribution >= 4 is 11.7 Å². The van der Waals surface area contributed by atoms with Crippen molar-refractivity contribution in [2.24, 2.45) is 5.73 Å². The molecule has 2 fully saturated rings. The van der Waals surface area contributed by atoms with Crippen LogP contribution in [-0.4, -0.2) is 29.0 Å². The summed E-state index contributed by atoms with van der Waals surface area (Å²) < 4.78 is 0. The molecular formula is C15H22N4O. The summed E-state index contributed by atoms with van der Waals surface area (Å²) in [5.74, 6) is 0.214. The Morgan fingerprint density at radius 3 is 2.95 bits per heavy atom. The highest BCUT2D eigenvalue weighted by molar-refractivity contribution is 5.97. The van der Waals surface area contributed by atoms with Crippen LogP contribution in [0.25, 0.3) is 0 Å². The molecular weight excluding hydrogens is 252 g/mol. The molecule has 1 aromatic heterocycles. The fraction of sp³-hybridized carbons (Fsp3) is 0.600. The molecule has 108 valence electrons. The molecule has 1 saturated carbocycles. The Kier molecular flexibility index (Phi) is 3.38. The summed E-state index contributed by atoms with van der Waals surface area (Å²) in [6.07, 6.45) is 5.98. The first-order valence-electron chi connectivity index (χ1n) is 7.37. The maximum Gasteiger partial charge on any atom is 0.252 e. The van der Waals surface area contributed by atoms with Gasteiger partial charge in [0.15, 0.2) is 0 Å². The molecule has 1 amide bonds. The Morgan fingerprint density at radius 1 is 1.50 bits per heavy atom. The van der Waals surface area contributed by atoms with Crippen LogP contribution in [0.4, 0.5) is 5.82 Å². The van der Waals surface area contributed by atoms with Gasteiger partial charge >= 0.3 is 0 Å². The molecule has 1 atom stereocenters. The standard InChI is InChI=1S/C15H22N4O/c1-10-3-4-12(13(16)20)14(18-10)19-11-5-8-17-15(9-11)6-2-7-15/h3-4,11,17H,2,5-9H2,1H3,(H2,16,20)(H,18,19). The van der Waals surface area contributed by atoms with Crippen molar-refractivity contribution in [3.63, 3.8) is 0 Å². The lowest BCUT2D eigenvalue weighted by molar-refractivity contribution is 0.100. The minimum Gasteiger partial charge on any atom is -0.367 e. The summed E-state index contributed by atoms with van der Waals surface area (Å²) in [7, 11) is 0. The van der Waals surface area contributed by atoms with Crippen molar-refractivity contribution in [2.45, 2.75) is 50.6 Å². The number of piperidine rings is 1. The van der Waals surface area contributed by atoms with Gasteiger partial charge < -0.3 is 16.4 Å². The molecule has 4 N–H and O–H groups in total. The van der Waals surface area contributed by atoms with E-state index in [1.54, 1.807) is 6.07 Å². The fourth-order valence-electron chi connectivity index (χ4n) is 3.32. The van der Waals surface area contributed by atoms with Crippen molar-refractivity contribution in [1.82, 2.24) is 10.3 Å². The molecule has 0 bridgehead atoms. The first-order chi connectivity index (χ1) is 9.58. The van der Waals surface area contributed by atoms with Gasteiger partial charge in [0.05, 0.1) is 5.56 Å². The van der Waals surface area contributed by atoms with Crippen molar-refractivity contribution in [3.05, 3.63) is 23.4 Å². The zero-order valence-corrected chi connectivity index (χ0v) is 11.9. The van der Waals surface area contributed by atoms with Gasteiger partial charge in [-0.3, -0.25) is 4.79 Å². The van der Waals surface area contributed by atoms with E-state index in [1.165, 1.54) is 19.3 Å². The smallest absolute Gasteiger partial charge is 0.252 e. The molecule has 1 aromatic rings. The monoisotopic (exact) mass is 274 g/mol. The molecule has 0 aromatic carbocycles. The molecule has 20 heavy (non-hydrogen) atoms. The van der Waals surface area contributed by atoms with Gasteiger partial charge in [0.2, 0.25) is 0 Å². The quantitative estimate of drug-likeness (QED) is 0.781. The van der Waals surface area contributed by atoms with Crippen LogP contribution >= 0.6 is 0 Å². The Morgan fingerprint density at radius 2 is 2.30 bits per heavy atom. The third-order valence-electron chi connectivity index (χ3n) is 4.58. The minimum atomic E-state index is -0.424. The van der Waals surface area contributed by atoms with E-state index in [1.807, 2.05) is 13.0 Å². The van der Waals surface area contributed by atoms with E-state index in [0.717, 1.165) is 25.1 Å². The van der Waals surface area contributed by atoms with Crippen LogP contribution in [0.15, 0.2) is 12.1 Å². The molecule has 1 unspecified atom stereocenters. The molecule has 1 saturated heterocycles. The highest BCUT2D eigenvalue weighted by Gasteiger charge is 2.41. The first-order valence-corrected chi connectivity index (χ1v) is 7.37. The van der Waals surface area contributed by atoms with Crippen LogP contribution in [0, 0.1) is 6.92 Å². The average molecular weight is 274 g/mol. The molecule has 2 heterocycles. The second kappa shape index (κ2) is 5.05. The van der Waals surface area contributed by atoms with Crippen LogP contribution in [0.3, 0.4) is 0 Å². The number of aryl methyl sites for hydroxylation is 1. The third kappa shape index (κ3) is 2.50. The number of aromatic nitrogens is 1. The third-order valence-corrected chi connectivity index (χ3v) is 4.58. The van der Waals surface area contributed by atoms with E-state index in [4.69, 9.17) is 5.73 Å². The maximum atomic E-state index is 11.5. The highest BCUT2D eigenvalue weighted by atomic mass is 16.1. The normalized spacial score (nSPS) is 24.1. The number of primary amides is 1. The Labute approximate surface area is 119 Å². The van der Waals surface area contributed by atoms with E-state index in [0.29, 0.717) is 23.0 Å². The molecule has 2 aliphatic rings. The van der Waals surface area contributed by atoms with Gasteiger partial charge in [-0.25, -0.2) is 4.98 Å². The number of amides is 1. The summed E-state index contributed by atoms with van der Waals surface area (Å²) in [5, 5.41) is 7.09. The molecule has 1 aliphatic heterocycles. The van der Waals surface area contributed by atoms with Crippen LogP contribution in [0.2, 0.25) is 0 Å². The van der Waals surface area contributed by atoms with E-state index in [9.17, 15) is 4.79 Å². The largest absolute Gasteiger partial charge is 0.367 e. The SMILES string of the molecule is Cc1ccc(C(N)=O)c(NC2CCNC3(CCC3)C2)n1. The van der Waals surface area contributed by atoms with E-state index >= 15 is 0 Å². The number of carbonyl (C=O) groups excluding carboxylic acids is 1. The molecule has 1 aliphatic carbocycles. The lowest BCUT2D eigenvalue weighted by Crippen LogP contribution is -2.58. The Bertz CT molecular complexity index is 525. The molecule has 0 radical (unpaired) electrons. The Balaban J connectivity index is 1.76. The Hall–Kier alpha value is -1.62.